The Balaban J connectivity index is 1.88. The van der Waals surface area contributed by atoms with Gasteiger partial charge >= 0.3 is 0 Å². The summed E-state index contributed by atoms with van der Waals surface area (Å²) in [5.74, 6) is 0.648. The lowest BCUT2D eigenvalue weighted by molar-refractivity contribution is -0.0588. The van der Waals surface area contributed by atoms with Gasteiger partial charge in [0.15, 0.2) is 0 Å². The highest BCUT2D eigenvalue weighted by molar-refractivity contribution is 5.05. The summed E-state index contributed by atoms with van der Waals surface area (Å²) in [4.78, 5) is 2.58. The molecule has 0 amide bonds. The smallest absolute Gasteiger partial charge is 0.0674 e. The Hall–Kier alpha value is -0.380. The van der Waals surface area contributed by atoms with Crippen LogP contribution in [0, 0.1) is 5.92 Å². The van der Waals surface area contributed by atoms with Gasteiger partial charge in [-0.05, 0) is 25.7 Å². The highest BCUT2D eigenvalue weighted by Crippen LogP contribution is 2.22. The van der Waals surface area contributed by atoms with E-state index in [1.54, 1.807) is 0 Å². The van der Waals surface area contributed by atoms with E-state index in [2.05, 4.69) is 30.9 Å². The van der Waals surface area contributed by atoms with Gasteiger partial charge in [0.05, 0.1) is 12.7 Å². The Morgan fingerprint density at radius 1 is 1.44 bits per heavy atom. The van der Waals surface area contributed by atoms with Gasteiger partial charge in [-0.15, -0.1) is 0 Å². The molecule has 0 aromatic rings. The highest BCUT2D eigenvalue weighted by atomic mass is 16.5. The van der Waals surface area contributed by atoms with Crippen LogP contribution in [0.15, 0.2) is 12.2 Å². The fourth-order valence-corrected chi connectivity index (χ4v) is 2.76. The largest absolute Gasteiger partial charge is 0.376 e. The van der Waals surface area contributed by atoms with Crippen LogP contribution >= 0.6 is 0 Å². The number of hydrogen-bond donors (Lipinski definition) is 1. The maximum absolute atomic E-state index is 5.89. The van der Waals surface area contributed by atoms with Crippen LogP contribution in [0.2, 0.25) is 0 Å². The molecule has 1 fully saturated rings. The van der Waals surface area contributed by atoms with Crippen molar-refractivity contribution in [3.8, 4) is 0 Å². The Morgan fingerprint density at radius 3 is 2.88 bits per heavy atom. The molecule has 0 spiro atoms. The SMILES string of the molecule is CCC1COC(C)CN1CC1C=CC(N)C1. The molecule has 0 aromatic carbocycles. The number of morpholine rings is 1. The summed E-state index contributed by atoms with van der Waals surface area (Å²) in [6.45, 7) is 7.51. The minimum atomic E-state index is 0.281. The molecule has 1 aliphatic carbocycles. The summed E-state index contributed by atoms with van der Waals surface area (Å²) in [6, 6.07) is 0.880. The van der Waals surface area contributed by atoms with Gasteiger partial charge in [-0.25, -0.2) is 0 Å². The quantitative estimate of drug-likeness (QED) is 0.736. The van der Waals surface area contributed by atoms with Crippen LogP contribution in [0.25, 0.3) is 0 Å². The lowest BCUT2D eigenvalue weighted by Gasteiger charge is -2.39. The first-order chi connectivity index (χ1) is 7.69. The standard InChI is InChI=1S/C13H24N2O/c1-3-13-9-16-10(2)7-15(13)8-11-4-5-12(14)6-11/h4-5,10-13H,3,6-9,14H2,1-2H3. The molecule has 0 radical (unpaired) electrons. The van der Waals surface area contributed by atoms with Gasteiger partial charge in [-0.2, -0.15) is 0 Å². The van der Waals surface area contributed by atoms with Crippen LogP contribution in [0.1, 0.15) is 26.7 Å². The maximum atomic E-state index is 5.89. The summed E-state index contributed by atoms with van der Waals surface area (Å²) in [7, 11) is 0. The van der Waals surface area contributed by atoms with E-state index in [1.807, 2.05) is 0 Å². The molecule has 1 heterocycles. The molecule has 16 heavy (non-hydrogen) atoms. The zero-order valence-corrected chi connectivity index (χ0v) is 10.4. The molecule has 0 aromatic heterocycles. The molecule has 4 atom stereocenters. The molecule has 1 saturated heterocycles. The Labute approximate surface area is 98.6 Å². The maximum Gasteiger partial charge on any atom is 0.0674 e. The topological polar surface area (TPSA) is 38.5 Å². The van der Waals surface area contributed by atoms with E-state index in [0.29, 0.717) is 18.1 Å². The van der Waals surface area contributed by atoms with Gasteiger partial charge < -0.3 is 10.5 Å². The van der Waals surface area contributed by atoms with Crippen molar-refractivity contribution in [1.82, 2.24) is 4.90 Å². The van der Waals surface area contributed by atoms with E-state index in [0.717, 1.165) is 26.1 Å². The molecular weight excluding hydrogens is 200 g/mol. The first-order valence-electron chi connectivity index (χ1n) is 6.48. The van der Waals surface area contributed by atoms with E-state index in [-0.39, 0.29) is 6.04 Å². The van der Waals surface area contributed by atoms with E-state index >= 15 is 0 Å². The van der Waals surface area contributed by atoms with Gasteiger partial charge in [0.1, 0.15) is 0 Å². The molecule has 2 aliphatic rings. The summed E-state index contributed by atoms with van der Waals surface area (Å²) in [6.07, 6.45) is 7.10. The molecule has 4 unspecified atom stereocenters. The van der Waals surface area contributed by atoms with Gasteiger partial charge in [-0.1, -0.05) is 19.1 Å². The van der Waals surface area contributed by atoms with Gasteiger partial charge in [-0.3, -0.25) is 4.90 Å². The predicted octanol–water partition coefficient (Wildman–Crippen LogP) is 1.39. The highest BCUT2D eigenvalue weighted by Gasteiger charge is 2.28. The normalized spacial score (nSPS) is 40.4. The van der Waals surface area contributed by atoms with Gasteiger partial charge in [0.25, 0.3) is 0 Å². The first-order valence-corrected chi connectivity index (χ1v) is 6.48. The fourth-order valence-electron chi connectivity index (χ4n) is 2.76. The fraction of sp³-hybridized carbons (Fsp3) is 0.846. The summed E-state index contributed by atoms with van der Waals surface area (Å²) in [5, 5.41) is 0. The van der Waals surface area contributed by atoms with Crippen LogP contribution in [0.4, 0.5) is 0 Å². The number of nitrogens with two attached hydrogens (primary N) is 1. The molecule has 0 bridgehead atoms. The van der Waals surface area contributed by atoms with Crippen LogP contribution in [-0.2, 0) is 4.74 Å². The zero-order valence-electron chi connectivity index (χ0n) is 10.4. The predicted molar refractivity (Wildman–Crippen MR) is 66.3 cm³/mol. The van der Waals surface area contributed by atoms with Gasteiger partial charge in [0.2, 0.25) is 0 Å². The summed E-state index contributed by atoms with van der Waals surface area (Å²) in [5.41, 5.74) is 5.89. The molecule has 3 nitrogen and oxygen atoms in total. The number of nitrogens with zero attached hydrogens (tertiary/aromatic N) is 1. The van der Waals surface area contributed by atoms with Gasteiger partial charge in [0, 0.05) is 25.2 Å². The number of hydrogen-bond acceptors (Lipinski definition) is 3. The lowest BCUT2D eigenvalue weighted by atomic mass is 10.0. The molecule has 2 rings (SSSR count). The molecule has 2 N–H and O–H groups in total. The van der Waals surface area contributed by atoms with Crippen molar-refractivity contribution in [2.75, 3.05) is 19.7 Å². The second kappa shape index (κ2) is 5.30. The first kappa shape index (κ1) is 12.1. The number of ether oxygens (including phenoxy) is 1. The van der Waals surface area contributed by atoms with Crippen molar-refractivity contribution in [3.63, 3.8) is 0 Å². The number of rotatable bonds is 3. The third-order valence-corrected chi connectivity index (χ3v) is 3.73. The van der Waals surface area contributed by atoms with Crippen molar-refractivity contribution in [1.29, 1.82) is 0 Å². The van der Waals surface area contributed by atoms with Crippen molar-refractivity contribution in [2.45, 2.75) is 44.9 Å². The van der Waals surface area contributed by atoms with Crippen molar-refractivity contribution in [2.24, 2.45) is 11.7 Å². The van der Waals surface area contributed by atoms with Crippen molar-refractivity contribution in [3.05, 3.63) is 12.2 Å². The second-order valence-electron chi connectivity index (χ2n) is 5.20. The lowest BCUT2D eigenvalue weighted by Crippen LogP contribution is -2.50. The Kier molecular flexibility index (Phi) is 4.00. The molecule has 3 heteroatoms. The minimum absolute atomic E-state index is 0.281. The van der Waals surface area contributed by atoms with Crippen LogP contribution in [0.3, 0.4) is 0 Å². The van der Waals surface area contributed by atoms with E-state index in [9.17, 15) is 0 Å². The van der Waals surface area contributed by atoms with Crippen LogP contribution in [-0.4, -0.2) is 42.8 Å². The zero-order chi connectivity index (χ0) is 11.5. The molecule has 0 saturated carbocycles. The Morgan fingerprint density at radius 2 is 2.25 bits per heavy atom. The average Bonchev–Trinajstić information content (AvgIpc) is 2.64. The Bertz CT molecular complexity index is 254. The van der Waals surface area contributed by atoms with Crippen LogP contribution in [0.5, 0.6) is 0 Å². The summed E-state index contributed by atoms with van der Waals surface area (Å²) >= 11 is 0. The van der Waals surface area contributed by atoms with E-state index < -0.39 is 0 Å². The third-order valence-electron chi connectivity index (χ3n) is 3.73. The minimum Gasteiger partial charge on any atom is -0.376 e. The van der Waals surface area contributed by atoms with Crippen molar-refractivity contribution >= 4 is 0 Å². The third kappa shape index (κ3) is 2.84. The van der Waals surface area contributed by atoms with Crippen LogP contribution < -0.4 is 5.73 Å². The summed E-state index contributed by atoms with van der Waals surface area (Å²) < 4.78 is 5.71. The van der Waals surface area contributed by atoms with E-state index in [4.69, 9.17) is 10.5 Å². The average molecular weight is 224 g/mol. The molecule has 92 valence electrons. The van der Waals surface area contributed by atoms with Crippen molar-refractivity contribution < 1.29 is 4.74 Å². The van der Waals surface area contributed by atoms with E-state index in [1.165, 1.54) is 6.42 Å². The molecular formula is C13H24N2O. The second-order valence-corrected chi connectivity index (χ2v) is 5.20. The molecule has 1 aliphatic heterocycles. The monoisotopic (exact) mass is 224 g/mol.